The van der Waals surface area contributed by atoms with E-state index in [0.29, 0.717) is 16.4 Å². The van der Waals surface area contributed by atoms with Crippen molar-refractivity contribution in [3.63, 3.8) is 0 Å². The first-order valence-electron chi connectivity index (χ1n) is 7.26. The van der Waals surface area contributed by atoms with Crippen LogP contribution in [0.5, 0.6) is 0 Å². The molecule has 1 aromatic rings. The summed E-state index contributed by atoms with van der Waals surface area (Å²) in [6, 6.07) is 1.68. The zero-order valence-corrected chi connectivity index (χ0v) is 12.9. The number of amides is 1. The van der Waals surface area contributed by atoms with Gasteiger partial charge in [-0.15, -0.1) is 0 Å². The SMILES string of the molecule is CCCNc1ncc(C(=O)NC2(C)CCCC2)cc1Cl. The average Bonchev–Trinajstić information content (AvgIpc) is 2.83. The summed E-state index contributed by atoms with van der Waals surface area (Å²) in [5.74, 6) is 0.544. The largest absolute Gasteiger partial charge is 0.369 e. The molecule has 1 saturated carbocycles. The summed E-state index contributed by atoms with van der Waals surface area (Å²) in [6.07, 6.45) is 7.01. The number of nitrogens with one attached hydrogen (secondary N) is 2. The van der Waals surface area contributed by atoms with E-state index in [1.54, 1.807) is 12.3 Å². The van der Waals surface area contributed by atoms with Crippen molar-refractivity contribution in [3.8, 4) is 0 Å². The molecule has 4 nitrogen and oxygen atoms in total. The maximum atomic E-state index is 12.3. The van der Waals surface area contributed by atoms with Crippen molar-refractivity contribution in [1.82, 2.24) is 10.3 Å². The third-order valence-electron chi connectivity index (χ3n) is 3.77. The molecule has 1 amide bonds. The molecule has 5 heteroatoms. The lowest BCUT2D eigenvalue weighted by molar-refractivity contribution is 0.0908. The molecule has 1 aromatic heterocycles. The highest BCUT2D eigenvalue weighted by Crippen LogP contribution is 2.29. The van der Waals surface area contributed by atoms with E-state index in [-0.39, 0.29) is 11.4 Å². The highest BCUT2D eigenvalue weighted by atomic mass is 35.5. The van der Waals surface area contributed by atoms with Crippen LogP contribution in [0.1, 0.15) is 56.3 Å². The smallest absolute Gasteiger partial charge is 0.253 e. The van der Waals surface area contributed by atoms with E-state index in [1.165, 1.54) is 12.8 Å². The van der Waals surface area contributed by atoms with E-state index >= 15 is 0 Å². The summed E-state index contributed by atoms with van der Waals surface area (Å²) in [5.41, 5.74) is 0.438. The number of nitrogens with zero attached hydrogens (tertiary/aromatic N) is 1. The van der Waals surface area contributed by atoms with Gasteiger partial charge < -0.3 is 10.6 Å². The maximum absolute atomic E-state index is 12.3. The Morgan fingerprint density at radius 3 is 2.75 bits per heavy atom. The highest BCUT2D eigenvalue weighted by molar-refractivity contribution is 6.33. The maximum Gasteiger partial charge on any atom is 0.253 e. The Balaban J connectivity index is 2.05. The van der Waals surface area contributed by atoms with Gasteiger partial charge in [0.2, 0.25) is 0 Å². The molecule has 0 aliphatic heterocycles. The minimum absolute atomic E-state index is 0.0807. The van der Waals surface area contributed by atoms with Gasteiger partial charge in [-0.1, -0.05) is 31.4 Å². The molecule has 2 N–H and O–H groups in total. The number of anilines is 1. The Hall–Kier alpha value is -1.29. The van der Waals surface area contributed by atoms with Crippen LogP contribution in [0.15, 0.2) is 12.3 Å². The first-order chi connectivity index (χ1) is 9.54. The van der Waals surface area contributed by atoms with Gasteiger partial charge in [-0.25, -0.2) is 4.98 Å². The zero-order valence-electron chi connectivity index (χ0n) is 12.1. The molecule has 2 rings (SSSR count). The number of pyridine rings is 1. The van der Waals surface area contributed by atoms with Crippen LogP contribution in [0.25, 0.3) is 0 Å². The topological polar surface area (TPSA) is 54.0 Å². The quantitative estimate of drug-likeness (QED) is 0.872. The van der Waals surface area contributed by atoms with Gasteiger partial charge >= 0.3 is 0 Å². The van der Waals surface area contributed by atoms with Gasteiger partial charge in [-0.05, 0) is 32.3 Å². The number of carbonyl (C=O) groups excluding carboxylic acids is 1. The molecule has 0 aromatic carbocycles. The van der Waals surface area contributed by atoms with Gasteiger partial charge in [0.25, 0.3) is 5.91 Å². The fraction of sp³-hybridized carbons (Fsp3) is 0.600. The monoisotopic (exact) mass is 295 g/mol. The van der Waals surface area contributed by atoms with Crippen molar-refractivity contribution in [3.05, 3.63) is 22.8 Å². The van der Waals surface area contributed by atoms with Crippen molar-refractivity contribution in [2.24, 2.45) is 0 Å². The molecule has 110 valence electrons. The van der Waals surface area contributed by atoms with Crippen LogP contribution < -0.4 is 10.6 Å². The number of aromatic nitrogens is 1. The molecule has 1 aliphatic carbocycles. The van der Waals surface area contributed by atoms with Crippen molar-refractivity contribution >= 4 is 23.3 Å². The Kier molecular flexibility index (Phi) is 4.86. The lowest BCUT2D eigenvalue weighted by Gasteiger charge is -2.25. The molecule has 0 spiro atoms. The van der Waals surface area contributed by atoms with Crippen LogP contribution in [0, 0.1) is 0 Å². The number of hydrogen-bond donors (Lipinski definition) is 2. The van der Waals surface area contributed by atoms with Crippen molar-refractivity contribution < 1.29 is 4.79 Å². The van der Waals surface area contributed by atoms with Crippen LogP contribution >= 0.6 is 11.6 Å². The Morgan fingerprint density at radius 2 is 2.15 bits per heavy atom. The number of halogens is 1. The molecule has 0 atom stereocenters. The third kappa shape index (κ3) is 3.63. The molecule has 0 saturated heterocycles. The Labute approximate surface area is 125 Å². The van der Waals surface area contributed by atoms with Crippen LogP contribution in [-0.2, 0) is 0 Å². The van der Waals surface area contributed by atoms with Gasteiger partial charge in [0.1, 0.15) is 5.82 Å². The number of rotatable bonds is 5. The summed E-state index contributed by atoms with van der Waals surface area (Å²) in [5, 5.41) is 6.73. The first-order valence-corrected chi connectivity index (χ1v) is 7.64. The molecule has 1 fully saturated rings. The van der Waals surface area contributed by atoms with Gasteiger partial charge in [-0.2, -0.15) is 0 Å². The zero-order chi connectivity index (χ0) is 14.6. The standard InChI is InChI=1S/C15H22ClN3O/c1-3-8-17-13-12(16)9-11(10-18-13)14(20)19-15(2)6-4-5-7-15/h9-10H,3-8H2,1-2H3,(H,17,18)(H,19,20). The Bertz CT molecular complexity index is 484. The number of hydrogen-bond acceptors (Lipinski definition) is 3. The molecule has 20 heavy (non-hydrogen) atoms. The van der Waals surface area contributed by atoms with Crippen molar-refractivity contribution in [1.29, 1.82) is 0 Å². The van der Waals surface area contributed by atoms with E-state index in [0.717, 1.165) is 25.8 Å². The van der Waals surface area contributed by atoms with Crippen LogP contribution in [-0.4, -0.2) is 23.0 Å². The molecule has 0 unspecified atom stereocenters. The van der Waals surface area contributed by atoms with Crippen molar-refractivity contribution in [2.75, 3.05) is 11.9 Å². The normalized spacial score (nSPS) is 16.9. The summed E-state index contributed by atoms with van der Waals surface area (Å²) in [4.78, 5) is 16.5. The lowest BCUT2D eigenvalue weighted by Crippen LogP contribution is -2.43. The van der Waals surface area contributed by atoms with E-state index in [2.05, 4.69) is 29.5 Å². The third-order valence-corrected chi connectivity index (χ3v) is 4.06. The summed E-state index contributed by atoms with van der Waals surface area (Å²) >= 11 is 6.16. The van der Waals surface area contributed by atoms with E-state index < -0.39 is 0 Å². The predicted octanol–water partition coefficient (Wildman–Crippen LogP) is 3.62. The fourth-order valence-corrected chi connectivity index (χ4v) is 2.80. The van der Waals surface area contributed by atoms with Crippen molar-refractivity contribution in [2.45, 2.75) is 51.5 Å². The van der Waals surface area contributed by atoms with Gasteiger partial charge in [0.15, 0.2) is 0 Å². The van der Waals surface area contributed by atoms with E-state index in [1.807, 2.05) is 0 Å². The first kappa shape index (κ1) is 15.1. The second-order valence-electron chi connectivity index (χ2n) is 5.70. The van der Waals surface area contributed by atoms with E-state index in [4.69, 9.17) is 11.6 Å². The van der Waals surface area contributed by atoms with Gasteiger partial charge in [0, 0.05) is 18.3 Å². The summed E-state index contributed by atoms with van der Waals surface area (Å²) < 4.78 is 0. The van der Waals surface area contributed by atoms with E-state index in [9.17, 15) is 4.79 Å². The average molecular weight is 296 g/mol. The molecule has 1 aliphatic rings. The fourth-order valence-electron chi connectivity index (χ4n) is 2.56. The van der Waals surface area contributed by atoms with Crippen LogP contribution in [0.4, 0.5) is 5.82 Å². The predicted molar refractivity (Wildman–Crippen MR) is 82.4 cm³/mol. The minimum Gasteiger partial charge on any atom is -0.369 e. The Morgan fingerprint density at radius 1 is 1.45 bits per heavy atom. The highest BCUT2D eigenvalue weighted by Gasteiger charge is 2.30. The summed E-state index contributed by atoms with van der Waals surface area (Å²) in [6.45, 7) is 4.99. The summed E-state index contributed by atoms with van der Waals surface area (Å²) in [7, 11) is 0. The van der Waals surface area contributed by atoms with Crippen LogP contribution in [0.3, 0.4) is 0 Å². The minimum atomic E-state index is -0.0918. The molecule has 0 radical (unpaired) electrons. The van der Waals surface area contributed by atoms with Gasteiger partial charge in [-0.3, -0.25) is 4.79 Å². The van der Waals surface area contributed by atoms with Gasteiger partial charge in [0.05, 0.1) is 10.6 Å². The molecular weight excluding hydrogens is 274 g/mol. The lowest BCUT2D eigenvalue weighted by atomic mass is 10.0. The molecular formula is C15H22ClN3O. The second kappa shape index (κ2) is 6.44. The molecule has 1 heterocycles. The molecule has 0 bridgehead atoms. The van der Waals surface area contributed by atoms with Crippen LogP contribution in [0.2, 0.25) is 5.02 Å². The second-order valence-corrected chi connectivity index (χ2v) is 6.11. The number of carbonyl (C=O) groups is 1.